The number of rotatable bonds is 3. The van der Waals surface area contributed by atoms with Gasteiger partial charge < -0.3 is 5.32 Å². The zero-order valence-corrected chi connectivity index (χ0v) is 13.5. The minimum absolute atomic E-state index is 0.0530. The van der Waals surface area contributed by atoms with Crippen LogP contribution in [-0.2, 0) is 12.8 Å². The number of nitrogens with zero attached hydrogens (tertiary/aromatic N) is 2. The first kappa shape index (κ1) is 14.2. The van der Waals surface area contributed by atoms with Crippen LogP contribution in [0.3, 0.4) is 0 Å². The maximum Gasteiger partial charge on any atom is 0.257 e. The molecular formula is C18H17N3OS. The van der Waals surface area contributed by atoms with Crippen molar-refractivity contribution in [2.75, 3.05) is 5.32 Å². The normalized spacial score (nSPS) is 13.6. The molecule has 5 heteroatoms. The van der Waals surface area contributed by atoms with Gasteiger partial charge in [-0.05, 0) is 43.4 Å². The van der Waals surface area contributed by atoms with Crippen molar-refractivity contribution in [3.8, 4) is 5.69 Å². The third kappa shape index (κ3) is 2.80. The Morgan fingerprint density at radius 1 is 1.13 bits per heavy atom. The number of hydrogen-bond acceptors (Lipinski definition) is 3. The Morgan fingerprint density at radius 2 is 1.96 bits per heavy atom. The molecule has 116 valence electrons. The SMILES string of the molecule is O=C(Nc1ccn(-c2ccccc2)n1)c1csc2c1CCCC2. The van der Waals surface area contributed by atoms with Crippen molar-refractivity contribution in [1.82, 2.24) is 9.78 Å². The molecule has 0 radical (unpaired) electrons. The maximum absolute atomic E-state index is 12.5. The molecule has 1 N–H and O–H groups in total. The molecule has 0 atom stereocenters. The van der Waals surface area contributed by atoms with Crippen molar-refractivity contribution >= 4 is 23.1 Å². The molecule has 1 aromatic carbocycles. The third-order valence-corrected chi connectivity index (χ3v) is 5.25. The highest BCUT2D eigenvalue weighted by atomic mass is 32.1. The van der Waals surface area contributed by atoms with Crippen LogP contribution in [-0.4, -0.2) is 15.7 Å². The first-order valence-electron chi connectivity index (χ1n) is 7.83. The van der Waals surface area contributed by atoms with E-state index < -0.39 is 0 Å². The molecule has 0 fully saturated rings. The summed E-state index contributed by atoms with van der Waals surface area (Å²) in [6, 6.07) is 11.7. The van der Waals surface area contributed by atoms with Gasteiger partial charge in [-0.1, -0.05) is 18.2 Å². The van der Waals surface area contributed by atoms with Crippen molar-refractivity contribution < 1.29 is 4.79 Å². The molecule has 0 unspecified atom stereocenters. The van der Waals surface area contributed by atoms with Gasteiger partial charge in [-0.15, -0.1) is 11.3 Å². The zero-order chi connectivity index (χ0) is 15.6. The minimum Gasteiger partial charge on any atom is -0.305 e. The summed E-state index contributed by atoms with van der Waals surface area (Å²) in [5.41, 5.74) is 3.03. The van der Waals surface area contributed by atoms with E-state index in [4.69, 9.17) is 0 Å². The van der Waals surface area contributed by atoms with Gasteiger partial charge in [0.05, 0.1) is 11.3 Å². The standard InChI is InChI=1S/C18H17N3OS/c22-18(15-12-23-16-9-5-4-8-14(15)16)19-17-10-11-21(20-17)13-6-2-1-3-7-13/h1-3,6-7,10-12H,4-5,8-9H2,(H,19,20,22). The molecule has 2 heterocycles. The fraction of sp³-hybridized carbons (Fsp3) is 0.222. The van der Waals surface area contributed by atoms with Gasteiger partial charge in [0.15, 0.2) is 5.82 Å². The summed E-state index contributed by atoms with van der Waals surface area (Å²) in [7, 11) is 0. The lowest BCUT2D eigenvalue weighted by Crippen LogP contribution is -2.15. The third-order valence-electron chi connectivity index (χ3n) is 4.16. The second-order valence-electron chi connectivity index (χ2n) is 5.69. The van der Waals surface area contributed by atoms with E-state index in [1.54, 1.807) is 16.0 Å². The van der Waals surface area contributed by atoms with Crippen LogP contribution in [0.25, 0.3) is 5.69 Å². The number of fused-ring (bicyclic) bond motifs is 1. The van der Waals surface area contributed by atoms with Crippen molar-refractivity contribution in [1.29, 1.82) is 0 Å². The largest absolute Gasteiger partial charge is 0.305 e. The highest BCUT2D eigenvalue weighted by molar-refractivity contribution is 7.10. The average Bonchev–Trinajstić information content (AvgIpc) is 3.22. The first-order valence-corrected chi connectivity index (χ1v) is 8.71. The fourth-order valence-electron chi connectivity index (χ4n) is 2.98. The van der Waals surface area contributed by atoms with Crippen molar-refractivity contribution in [2.24, 2.45) is 0 Å². The molecule has 1 aliphatic carbocycles. The van der Waals surface area contributed by atoms with Crippen LogP contribution < -0.4 is 5.32 Å². The van der Waals surface area contributed by atoms with E-state index in [0.717, 1.165) is 24.1 Å². The first-order chi connectivity index (χ1) is 11.3. The Morgan fingerprint density at radius 3 is 2.83 bits per heavy atom. The summed E-state index contributed by atoms with van der Waals surface area (Å²) >= 11 is 1.71. The van der Waals surface area contributed by atoms with Crippen molar-refractivity contribution in [3.05, 3.63) is 64.0 Å². The van der Waals surface area contributed by atoms with Crippen LogP contribution in [0.15, 0.2) is 48.0 Å². The van der Waals surface area contributed by atoms with Gasteiger partial charge in [-0.25, -0.2) is 4.68 Å². The van der Waals surface area contributed by atoms with Gasteiger partial charge in [0.2, 0.25) is 0 Å². The predicted molar refractivity (Wildman–Crippen MR) is 92.5 cm³/mol. The fourth-order valence-corrected chi connectivity index (χ4v) is 4.11. The minimum atomic E-state index is -0.0530. The van der Waals surface area contributed by atoms with E-state index >= 15 is 0 Å². The van der Waals surface area contributed by atoms with Crippen LogP contribution >= 0.6 is 11.3 Å². The molecule has 1 amide bonds. The summed E-state index contributed by atoms with van der Waals surface area (Å²) in [5, 5.41) is 9.34. The Labute approximate surface area is 138 Å². The molecule has 0 bridgehead atoms. The zero-order valence-electron chi connectivity index (χ0n) is 12.7. The van der Waals surface area contributed by atoms with Crippen LogP contribution in [0.4, 0.5) is 5.82 Å². The molecular weight excluding hydrogens is 306 g/mol. The van der Waals surface area contributed by atoms with Crippen LogP contribution in [0.2, 0.25) is 0 Å². The van der Waals surface area contributed by atoms with Gasteiger partial charge in [-0.2, -0.15) is 5.10 Å². The molecule has 4 rings (SSSR count). The number of carbonyl (C=O) groups excluding carboxylic acids is 1. The molecule has 1 aliphatic rings. The Balaban J connectivity index is 1.53. The lowest BCUT2D eigenvalue weighted by molar-refractivity contribution is 0.102. The van der Waals surface area contributed by atoms with Gasteiger partial charge in [0.1, 0.15) is 0 Å². The number of aromatic nitrogens is 2. The Hall–Kier alpha value is -2.40. The van der Waals surface area contributed by atoms with E-state index in [9.17, 15) is 4.79 Å². The Kier molecular flexibility index (Phi) is 3.71. The van der Waals surface area contributed by atoms with E-state index in [-0.39, 0.29) is 5.91 Å². The maximum atomic E-state index is 12.5. The van der Waals surface area contributed by atoms with Gasteiger partial charge in [0.25, 0.3) is 5.91 Å². The predicted octanol–water partition coefficient (Wildman–Crippen LogP) is 4.06. The quantitative estimate of drug-likeness (QED) is 0.790. The number of anilines is 1. The average molecular weight is 323 g/mol. The number of thiophene rings is 1. The molecule has 2 aromatic heterocycles. The van der Waals surface area contributed by atoms with Crippen LogP contribution in [0, 0.1) is 0 Å². The number of aryl methyl sites for hydroxylation is 1. The van der Waals surface area contributed by atoms with Gasteiger partial charge in [-0.3, -0.25) is 4.79 Å². The molecule has 0 aliphatic heterocycles. The van der Waals surface area contributed by atoms with Crippen LogP contribution in [0.1, 0.15) is 33.6 Å². The number of carbonyl (C=O) groups is 1. The van der Waals surface area contributed by atoms with Crippen molar-refractivity contribution in [3.63, 3.8) is 0 Å². The number of para-hydroxylation sites is 1. The van der Waals surface area contributed by atoms with Crippen molar-refractivity contribution in [2.45, 2.75) is 25.7 Å². The summed E-state index contributed by atoms with van der Waals surface area (Å²) in [5.74, 6) is 0.525. The van der Waals surface area contributed by atoms with E-state index in [0.29, 0.717) is 5.82 Å². The highest BCUT2D eigenvalue weighted by Gasteiger charge is 2.20. The molecule has 0 saturated carbocycles. The molecule has 23 heavy (non-hydrogen) atoms. The van der Waals surface area contributed by atoms with E-state index in [1.807, 2.05) is 48.0 Å². The summed E-state index contributed by atoms with van der Waals surface area (Å²) in [4.78, 5) is 13.9. The summed E-state index contributed by atoms with van der Waals surface area (Å²) in [6.45, 7) is 0. The number of hydrogen-bond donors (Lipinski definition) is 1. The number of nitrogens with one attached hydrogen (secondary N) is 1. The molecule has 0 saturated heterocycles. The second kappa shape index (κ2) is 6.01. The molecule has 3 aromatic rings. The Bertz CT molecular complexity index is 835. The van der Waals surface area contributed by atoms with Gasteiger partial charge >= 0.3 is 0 Å². The van der Waals surface area contributed by atoms with E-state index in [2.05, 4.69) is 10.4 Å². The van der Waals surface area contributed by atoms with E-state index in [1.165, 1.54) is 23.3 Å². The topological polar surface area (TPSA) is 46.9 Å². The summed E-state index contributed by atoms with van der Waals surface area (Å²) < 4.78 is 1.76. The lowest BCUT2D eigenvalue weighted by Gasteiger charge is -2.12. The van der Waals surface area contributed by atoms with Gasteiger partial charge in [0, 0.05) is 22.5 Å². The number of amides is 1. The highest BCUT2D eigenvalue weighted by Crippen LogP contribution is 2.30. The molecule has 4 nitrogen and oxygen atoms in total. The lowest BCUT2D eigenvalue weighted by atomic mass is 9.96. The molecule has 0 spiro atoms. The smallest absolute Gasteiger partial charge is 0.257 e. The monoisotopic (exact) mass is 323 g/mol. The summed E-state index contributed by atoms with van der Waals surface area (Å²) in [6.07, 6.45) is 6.38. The van der Waals surface area contributed by atoms with Crippen LogP contribution in [0.5, 0.6) is 0 Å². The second-order valence-corrected chi connectivity index (χ2v) is 6.66. The number of benzene rings is 1.